The van der Waals surface area contributed by atoms with Crippen LogP contribution in [-0.2, 0) is 11.2 Å². The molecular formula is C22H32O5. The molecule has 3 unspecified atom stereocenters. The molecule has 1 aromatic rings. The molecule has 2 N–H and O–H groups in total. The Morgan fingerprint density at radius 1 is 1.30 bits per heavy atom. The number of hydrogen-bond acceptors (Lipinski definition) is 4. The number of carbonyl (C=O) groups is 1. The van der Waals surface area contributed by atoms with Crippen LogP contribution >= 0.6 is 0 Å². The molecule has 1 aromatic carbocycles. The number of rotatable bonds is 6. The van der Waals surface area contributed by atoms with Crippen molar-refractivity contribution in [1.82, 2.24) is 0 Å². The third-order valence-electron chi connectivity index (χ3n) is 5.22. The Balaban J connectivity index is 0.000000199. The zero-order chi connectivity index (χ0) is 20.2. The van der Waals surface area contributed by atoms with Crippen molar-refractivity contribution in [3.63, 3.8) is 0 Å². The topological polar surface area (TPSA) is 76.0 Å². The lowest BCUT2D eigenvalue weighted by atomic mass is 10.0. The fourth-order valence-corrected chi connectivity index (χ4v) is 3.59. The molecule has 2 aliphatic rings. The zero-order valence-electron chi connectivity index (χ0n) is 17.0. The van der Waals surface area contributed by atoms with E-state index >= 15 is 0 Å². The highest BCUT2D eigenvalue weighted by molar-refractivity contribution is 5.76. The molecule has 1 heterocycles. The molecule has 5 nitrogen and oxygen atoms in total. The minimum absolute atomic E-state index is 0.0386. The first-order chi connectivity index (χ1) is 12.7. The van der Waals surface area contributed by atoms with E-state index in [0.717, 1.165) is 29.9 Å². The summed E-state index contributed by atoms with van der Waals surface area (Å²) in [7, 11) is 0. The van der Waals surface area contributed by atoms with Crippen molar-refractivity contribution in [3.8, 4) is 11.5 Å². The Kier molecular flexibility index (Phi) is 6.93. The first-order valence-corrected chi connectivity index (χ1v) is 9.61. The van der Waals surface area contributed by atoms with Crippen molar-refractivity contribution in [2.75, 3.05) is 6.79 Å². The van der Waals surface area contributed by atoms with Crippen LogP contribution in [0.15, 0.2) is 29.8 Å². The molecule has 5 heteroatoms. The van der Waals surface area contributed by atoms with Gasteiger partial charge in [0.25, 0.3) is 0 Å². The van der Waals surface area contributed by atoms with Gasteiger partial charge in [-0.15, -0.1) is 0 Å². The summed E-state index contributed by atoms with van der Waals surface area (Å²) in [6, 6.07) is 5.82. The second kappa shape index (κ2) is 8.79. The van der Waals surface area contributed by atoms with Gasteiger partial charge in [-0.3, -0.25) is 4.79 Å². The van der Waals surface area contributed by atoms with E-state index in [1.807, 2.05) is 45.9 Å². The highest BCUT2D eigenvalue weighted by Crippen LogP contribution is 2.59. The standard InChI is InChI=1S/C12H16O3.C10H16O2/c1-2-3-10(13)6-9-4-5-11-12(7-9)15-8-14-11;1-6(2)5-7-8(9(11)12)10(7,3)4/h4-5,7,10,13H,2-3,6,8H2,1H3;5,7-8H,1-4H3,(H,11,12). The van der Waals surface area contributed by atoms with Crippen LogP contribution in [0.4, 0.5) is 0 Å². The molecule has 0 radical (unpaired) electrons. The maximum atomic E-state index is 10.7. The number of fused-ring (bicyclic) bond motifs is 1. The van der Waals surface area contributed by atoms with Gasteiger partial charge in [-0.1, -0.05) is 44.9 Å². The highest BCUT2D eigenvalue weighted by Gasteiger charge is 2.60. The van der Waals surface area contributed by atoms with Crippen molar-refractivity contribution in [3.05, 3.63) is 35.4 Å². The van der Waals surface area contributed by atoms with E-state index in [1.54, 1.807) is 0 Å². The number of aliphatic carboxylic acids is 1. The number of carboxylic acid groups (broad SMARTS) is 1. The number of aliphatic hydroxyl groups excluding tert-OH is 1. The lowest BCUT2D eigenvalue weighted by Gasteiger charge is -2.09. The molecule has 3 rings (SSSR count). The average molecular weight is 376 g/mol. The summed E-state index contributed by atoms with van der Waals surface area (Å²) in [4.78, 5) is 10.7. The van der Waals surface area contributed by atoms with Gasteiger partial charge in [-0.2, -0.15) is 0 Å². The van der Waals surface area contributed by atoms with E-state index in [-0.39, 0.29) is 23.4 Å². The summed E-state index contributed by atoms with van der Waals surface area (Å²) in [6.07, 6.45) is 4.35. The van der Waals surface area contributed by atoms with Gasteiger partial charge in [0.05, 0.1) is 12.0 Å². The van der Waals surface area contributed by atoms with E-state index in [9.17, 15) is 9.90 Å². The molecule has 0 bridgehead atoms. The summed E-state index contributed by atoms with van der Waals surface area (Å²) in [5, 5.41) is 18.5. The van der Waals surface area contributed by atoms with Crippen LogP contribution in [0.3, 0.4) is 0 Å². The minimum atomic E-state index is -0.664. The van der Waals surface area contributed by atoms with Crippen LogP contribution in [0.2, 0.25) is 0 Å². The predicted octanol–water partition coefficient (Wildman–Crippen LogP) is 4.43. The average Bonchev–Trinajstić information content (AvgIpc) is 2.91. The molecule has 0 amide bonds. The third kappa shape index (κ3) is 5.48. The first-order valence-electron chi connectivity index (χ1n) is 9.61. The van der Waals surface area contributed by atoms with Crippen molar-refractivity contribution >= 4 is 5.97 Å². The maximum Gasteiger partial charge on any atom is 0.307 e. The van der Waals surface area contributed by atoms with Gasteiger partial charge in [-0.05, 0) is 55.7 Å². The number of allylic oxidation sites excluding steroid dienone is 2. The number of ether oxygens (including phenoxy) is 2. The molecule has 0 saturated heterocycles. The van der Waals surface area contributed by atoms with Crippen LogP contribution in [0.25, 0.3) is 0 Å². The second-order valence-electron chi connectivity index (χ2n) is 8.24. The van der Waals surface area contributed by atoms with Crippen molar-refractivity contribution < 1.29 is 24.5 Å². The van der Waals surface area contributed by atoms with Crippen molar-refractivity contribution in [2.45, 2.75) is 60.0 Å². The van der Waals surface area contributed by atoms with E-state index in [4.69, 9.17) is 14.6 Å². The summed E-state index contributed by atoms with van der Waals surface area (Å²) < 4.78 is 10.5. The van der Waals surface area contributed by atoms with E-state index < -0.39 is 5.97 Å². The van der Waals surface area contributed by atoms with Gasteiger partial charge in [0.1, 0.15) is 0 Å². The van der Waals surface area contributed by atoms with Gasteiger partial charge in [-0.25, -0.2) is 0 Å². The van der Waals surface area contributed by atoms with Gasteiger partial charge in [0.15, 0.2) is 11.5 Å². The smallest absolute Gasteiger partial charge is 0.307 e. The fraction of sp³-hybridized carbons (Fsp3) is 0.591. The number of carboxylic acids is 1. The van der Waals surface area contributed by atoms with Gasteiger partial charge < -0.3 is 19.7 Å². The molecular weight excluding hydrogens is 344 g/mol. The van der Waals surface area contributed by atoms with Gasteiger partial charge in [0, 0.05) is 0 Å². The van der Waals surface area contributed by atoms with Crippen LogP contribution < -0.4 is 9.47 Å². The van der Waals surface area contributed by atoms with Crippen LogP contribution in [0, 0.1) is 17.3 Å². The molecule has 3 atom stereocenters. The first kappa shape index (κ1) is 21.3. The van der Waals surface area contributed by atoms with Crippen LogP contribution in [0.5, 0.6) is 11.5 Å². The Morgan fingerprint density at radius 2 is 1.96 bits per heavy atom. The fourth-order valence-electron chi connectivity index (χ4n) is 3.59. The van der Waals surface area contributed by atoms with Crippen molar-refractivity contribution in [2.24, 2.45) is 17.3 Å². The number of hydrogen-bond donors (Lipinski definition) is 2. The normalized spacial score (nSPS) is 22.3. The maximum absolute atomic E-state index is 10.7. The highest BCUT2D eigenvalue weighted by atomic mass is 16.7. The Hall–Kier alpha value is -2.01. The molecule has 1 aliphatic heterocycles. The molecule has 1 aliphatic carbocycles. The van der Waals surface area contributed by atoms with E-state index in [2.05, 4.69) is 13.0 Å². The molecule has 27 heavy (non-hydrogen) atoms. The number of aliphatic hydroxyl groups is 1. The van der Waals surface area contributed by atoms with Crippen molar-refractivity contribution in [1.29, 1.82) is 0 Å². The van der Waals surface area contributed by atoms with Gasteiger partial charge in [0.2, 0.25) is 6.79 Å². The quantitative estimate of drug-likeness (QED) is 0.719. The van der Waals surface area contributed by atoms with Crippen LogP contribution in [-0.4, -0.2) is 29.1 Å². The predicted molar refractivity (Wildman–Crippen MR) is 105 cm³/mol. The Labute approximate surface area is 162 Å². The molecule has 150 valence electrons. The van der Waals surface area contributed by atoms with E-state index in [0.29, 0.717) is 13.2 Å². The zero-order valence-corrected chi connectivity index (χ0v) is 17.0. The monoisotopic (exact) mass is 376 g/mol. The summed E-state index contributed by atoms with van der Waals surface area (Å²) in [6.45, 7) is 10.4. The molecule has 0 aromatic heterocycles. The SMILES string of the molecule is CC(C)=CC1C(C(=O)O)C1(C)C.CCCC(O)Cc1ccc2c(c1)OCO2. The largest absolute Gasteiger partial charge is 0.481 e. The molecule has 1 saturated carbocycles. The second-order valence-corrected chi connectivity index (χ2v) is 8.24. The number of benzene rings is 1. The molecule has 1 fully saturated rings. The minimum Gasteiger partial charge on any atom is -0.481 e. The summed E-state index contributed by atoms with van der Waals surface area (Å²) in [5.41, 5.74) is 2.26. The Bertz CT molecular complexity index is 688. The lowest BCUT2D eigenvalue weighted by molar-refractivity contribution is -0.139. The lowest BCUT2D eigenvalue weighted by Crippen LogP contribution is -2.09. The molecule has 0 spiro atoms. The third-order valence-corrected chi connectivity index (χ3v) is 5.22. The summed E-state index contributed by atoms with van der Waals surface area (Å²) >= 11 is 0. The van der Waals surface area contributed by atoms with E-state index in [1.165, 1.54) is 5.57 Å². The van der Waals surface area contributed by atoms with Gasteiger partial charge >= 0.3 is 5.97 Å². The van der Waals surface area contributed by atoms with Crippen LogP contribution in [0.1, 0.15) is 53.0 Å². The Morgan fingerprint density at radius 3 is 2.52 bits per heavy atom. The summed E-state index contributed by atoms with van der Waals surface area (Å²) in [5.74, 6) is 0.981.